The summed E-state index contributed by atoms with van der Waals surface area (Å²) in [5.74, 6) is 1.20. The van der Waals surface area contributed by atoms with Crippen LogP contribution >= 0.6 is 11.6 Å². The number of hydrogen-bond donors (Lipinski definition) is 1. The molecule has 0 spiro atoms. The van der Waals surface area contributed by atoms with Gasteiger partial charge in [-0.1, -0.05) is 37.1 Å². The minimum absolute atomic E-state index is 0.458. The van der Waals surface area contributed by atoms with Crippen molar-refractivity contribution in [2.24, 2.45) is 5.73 Å². The highest BCUT2D eigenvalue weighted by molar-refractivity contribution is 6.30. The highest BCUT2D eigenvalue weighted by Crippen LogP contribution is 2.32. The van der Waals surface area contributed by atoms with Gasteiger partial charge in [-0.25, -0.2) is 0 Å². The molecule has 2 rings (SSSR count). The van der Waals surface area contributed by atoms with Crippen LogP contribution in [-0.2, 0) is 13.0 Å². The van der Waals surface area contributed by atoms with Gasteiger partial charge in [-0.3, -0.25) is 0 Å². The summed E-state index contributed by atoms with van der Waals surface area (Å²) in [5, 5.41) is 9.71. The Morgan fingerprint density at radius 2 is 2.05 bits per heavy atom. The van der Waals surface area contributed by atoms with Crippen molar-refractivity contribution < 1.29 is 4.74 Å². The fourth-order valence-electron chi connectivity index (χ4n) is 2.22. The summed E-state index contributed by atoms with van der Waals surface area (Å²) in [6, 6.07) is 12.9. The summed E-state index contributed by atoms with van der Waals surface area (Å²) >= 11 is 5.99. The van der Waals surface area contributed by atoms with Crippen molar-refractivity contribution in [1.82, 2.24) is 0 Å². The molecule has 0 fully saturated rings. The smallest absolute Gasteiger partial charge is 0.146 e. The molecule has 0 aliphatic carbocycles. The van der Waals surface area contributed by atoms with E-state index in [4.69, 9.17) is 27.3 Å². The fraction of sp³-hybridized carbons (Fsp3) is 0.235. The first-order chi connectivity index (χ1) is 10.2. The summed E-state index contributed by atoms with van der Waals surface area (Å²) in [5.41, 5.74) is 8.41. The summed E-state index contributed by atoms with van der Waals surface area (Å²) in [6.07, 6.45) is 1.87. The third kappa shape index (κ3) is 3.55. The molecule has 0 aromatic heterocycles. The first kappa shape index (κ1) is 15.4. The minimum atomic E-state index is 0.458. The average Bonchev–Trinajstić information content (AvgIpc) is 2.49. The van der Waals surface area contributed by atoms with Crippen LogP contribution in [-0.4, -0.2) is 0 Å². The summed E-state index contributed by atoms with van der Waals surface area (Å²) in [7, 11) is 0. The summed E-state index contributed by atoms with van der Waals surface area (Å²) in [4.78, 5) is 0. The lowest BCUT2D eigenvalue weighted by Crippen LogP contribution is -2.03. The number of nitrogens with two attached hydrogens (primary N) is 1. The molecule has 0 unspecified atom stereocenters. The number of ether oxygens (including phenoxy) is 1. The molecule has 108 valence electrons. The van der Waals surface area contributed by atoms with Crippen LogP contribution in [0.5, 0.6) is 11.5 Å². The van der Waals surface area contributed by atoms with E-state index in [1.807, 2.05) is 18.2 Å². The van der Waals surface area contributed by atoms with Crippen LogP contribution in [0.25, 0.3) is 0 Å². The minimum Gasteiger partial charge on any atom is -0.456 e. The predicted octanol–water partition coefficient (Wildman–Crippen LogP) is 4.42. The van der Waals surface area contributed by atoms with Crippen molar-refractivity contribution in [3.8, 4) is 17.6 Å². The van der Waals surface area contributed by atoms with Gasteiger partial charge in [0, 0.05) is 17.6 Å². The zero-order valence-corrected chi connectivity index (χ0v) is 12.7. The standard InChI is InChI=1S/C17H17ClN2O/c1-2-4-15-12(10-19)5-3-6-16(15)21-17-9-14(18)8-7-13(17)11-20/h3,5-9H,2,4,10,19H2,1H3. The molecule has 0 aliphatic rings. The van der Waals surface area contributed by atoms with Crippen molar-refractivity contribution >= 4 is 11.6 Å². The van der Waals surface area contributed by atoms with Gasteiger partial charge in [0.2, 0.25) is 0 Å². The van der Waals surface area contributed by atoms with Gasteiger partial charge < -0.3 is 10.5 Å². The molecular formula is C17H17ClN2O. The maximum atomic E-state index is 9.17. The molecule has 2 aromatic carbocycles. The highest BCUT2D eigenvalue weighted by atomic mass is 35.5. The van der Waals surface area contributed by atoms with Gasteiger partial charge in [-0.15, -0.1) is 0 Å². The summed E-state index contributed by atoms with van der Waals surface area (Å²) < 4.78 is 5.94. The van der Waals surface area contributed by atoms with Crippen LogP contribution < -0.4 is 10.5 Å². The van der Waals surface area contributed by atoms with Crippen LogP contribution in [0.2, 0.25) is 5.02 Å². The van der Waals surface area contributed by atoms with E-state index in [2.05, 4.69) is 13.0 Å². The molecule has 0 aliphatic heterocycles. The molecule has 4 heteroatoms. The Morgan fingerprint density at radius 1 is 1.24 bits per heavy atom. The second kappa shape index (κ2) is 7.12. The zero-order chi connectivity index (χ0) is 15.2. The quantitative estimate of drug-likeness (QED) is 0.889. The van der Waals surface area contributed by atoms with Crippen LogP contribution in [0.1, 0.15) is 30.0 Å². The summed E-state index contributed by atoms with van der Waals surface area (Å²) in [6.45, 7) is 2.57. The van der Waals surface area contributed by atoms with Gasteiger partial charge in [0.25, 0.3) is 0 Å². The van der Waals surface area contributed by atoms with Gasteiger partial charge in [0.05, 0.1) is 5.56 Å². The van der Waals surface area contributed by atoms with Crippen molar-refractivity contribution in [2.45, 2.75) is 26.3 Å². The molecule has 0 radical (unpaired) electrons. The third-order valence-corrected chi connectivity index (χ3v) is 3.47. The van der Waals surface area contributed by atoms with Crippen LogP contribution in [0.15, 0.2) is 36.4 Å². The van der Waals surface area contributed by atoms with E-state index in [1.54, 1.807) is 18.2 Å². The number of halogens is 1. The molecule has 0 heterocycles. The first-order valence-electron chi connectivity index (χ1n) is 6.88. The number of rotatable bonds is 5. The van der Waals surface area contributed by atoms with Crippen LogP contribution in [0.3, 0.4) is 0 Å². The van der Waals surface area contributed by atoms with E-state index in [-0.39, 0.29) is 0 Å². The maximum Gasteiger partial charge on any atom is 0.146 e. The Balaban J connectivity index is 2.44. The molecule has 3 nitrogen and oxygen atoms in total. The number of hydrogen-bond acceptors (Lipinski definition) is 3. The molecule has 2 N–H and O–H groups in total. The Morgan fingerprint density at radius 3 is 2.71 bits per heavy atom. The molecule has 0 saturated heterocycles. The average molecular weight is 301 g/mol. The fourth-order valence-corrected chi connectivity index (χ4v) is 2.39. The van der Waals surface area contributed by atoms with E-state index in [0.29, 0.717) is 22.9 Å². The van der Waals surface area contributed by atoms with Crippen molar-refractivity contribution in [1.29, 1.82) is 5.26 Å². The number of nitrogens with zero attached hydrogens (tertiary/aromatic N) is 1. The monoisotopic (exact) mass is 300 g/mol. The van der Waals surface area contributed by atoms with E-state index >= 15 is 0 Å². The molecule has 0 bridgehead atoms. The highest BCUT2D eigenvalue weighted by Gasteiger charge is 2.11. The van der Waals surface area contributed by atoms with Crippen molar-refractivity contribution in [3.63, 3.8) is 0 Å². The second-order valence-corrected chi connectivity index (χ2v) is 5.14. The second-order valence-electron chi connectivity index (χ2n) is 4.70. The topological polar surface area (TPSA) is 59.0 Å². The largest absolute Gasteiger partial charge is 0.456 e. The first-order valence-corrected chi connectivity index (χ1v) is 7.25. The van der Waals surface area contributed by atoms with Gasteiger partial charge in [-0.05, 0) is 35.7 Å². The van der Waals surface area contributed by atoms with Crippen molar-refractivity contribution in [3.05, 3.63) is 58.1 Å². The van der Waals surface area contributed by atoms with Gasteiger partial charge >= 0.3 is 0 Å². The Hall–Kier alpha value is -2.02. The lowest BCUT2D eigenvalue weighted by atomic mass is 10.0. The SMILES string of the molecule is CCCc1c(CN)cccc1Oc1cc(Cl)ccc1C#N. The van der Waals surface area contributed by atoms with Gasteiger partial charge in [-0.2, -0.15) is 5.26 Å². The van der Waals surface area contributed by atoms with E-state index < -0.39 is 0 Å². The van der Waals surface area contributed by atoms with Gasteiger partial charge in [0.15, 0.2) is 0 Å². The molecule has 0 amide bonds. The predicted molar refractivity (Wildman–Crippen MR) is 84.6 cm³/mol. The maximum absolute atomic E-state index is 9.17. The molecular weight excluding hydrogens is 284 g/mol. The molecule has 0 saturated carbocycles. The van der Waals surface area contributed by atoms with Crippen LogP contribution in [0.4, 0.5) is 0 Å². The molecule has 2 aromatic rings. The lowest BCUT2D eigenvalue weighted by molar-refractivity contribution is 0.473. The lowest BCUT2D eigenvalue weighted by Gasteiger charge is -2.15. The number of nitriles is 1. The Bertz CT molecular complexity index is 677. The molecule has 21 heavy (non-hydrogen) atoms. The van der Waals surface area contributed by atoms with Crippen LogP contribution in [0, 0.1) is 11.3 Å². The van der Waals surface area contributed by atoms with E-state index in [0.717, 1.165) is 29.7 Å². The van der Waals surface area contributed by atoms with Gasteiger partial charge in [0.1, 0.15) is 17.6 Å². The van der Waals surface area contributed by atoms with E-state index in [1.165, 1.54) is 0 Å². The normalized spacial score (nSPS) is 10.2. The van der Waals surface area contributed by atoms with E-state index in [9.17, 15) is 0 Å². The zero-order valence-electron chi connectivity index (χ0n) is 11.9. The van der Waals surface area contributed by atoms with Crippen molar-refractivity contribution in [2.75, 3.05) is 0 Å². The Labute approximate surface area is 129 Å². The number of benzene rings is 2. The third-order valence-electron chi connectivity index (χ3n) is 3.23. The Kier molecular flexibility index (Phi) is 5.21. The molecule has 0 atom stereocenters.